The van der Waals surface area contributed by atoms with Gasteiger partial charge in [-0.15, -0.1) is 24.0 Å². The van der Waals surface area contributed by atoms with Gasteiger partial charge in [0.2, 0.25) is 0 Å². The number of halogens is 1. The zero-order valence-corrected chi connectivity index (χ0v) is 14.4. The Morgan fingerprint density at radius 1 is 1.38 bits per heavy atom. The highest BCUT2D eigenvalue weighted by Crippen LogP contribution is 1.96. The molecule has 0 saturated heterocycles. The van der Waals surface area contributed by atoms with Gasteiger partial charge in [0.1, 0.15) is 0 Å². The van der Waals surface area contributed by atoms with Crippen molar-refractivity contribution < 1.29 is 0 Å². The van der Waals surface area contributed by atoms with Crippen molar-refractivity contribution in [2.45, 2.75) is 12.8 Å². The zero-order valence-electron chi connectivity index (χ0n) is 12.1. The van der Waals surface area contributed by atoms with Crippen LogP contribution in [0.25, 0.3) is 0 Å². The molecule has 0 radical (unpaired) electrons. The van der Waals surface area contributed by atoms with Gasteiger partial charge in [0.25, 0.3) is 0 Å². The van der Waals surface area contributed by atoms with Crippen LogP contribution in [-0.4, -0.2) is 33.8 Å². The first kappa shape index (κ1) is 17.4. The van der Waals surface area contributed by atoms with Gasteiger partial charge in [0, 0.05) is 44.6 Å². The highest BCUT2D eigenvalue weighted by Gasteiger charge is 1.97. The number of pyridine rings is 1. The molecule has 2 rings (SSSR count). The molecule has 0 fully saturated rings. The van der Waals surface area contributed by atoms with Gasteiger partial charge in [0.05, 0.1) is 6.20 Å². The van der Waals surface area contributed by atoms with Crippen molar-refractivity contribution in [2.24, 2.45) is 17.8 Å². The SMILES string of the molecule is Cn1cc(CCNC(N)=NCCc2ccccn2)cn1.I. The number of nitrogens with one attached hydrogen (secondary N) is 1. The Hall–Kier alpha value is -1.64. The van der Waals surface area contributed by atoms with E-state index >= 15 is 0 Å². The van der Waals surface area contributed by atoms with E-state index in [0.717, 1.165) is 25.1 Å². The van der Waals surface area contributed by atoms with Crippen molar-refractivity contribution in [2.75, 3.05) is 13.1 Å². The normalized spacial score (nSPS) is 11.0. The molecule has 0 spiro atoms. The molecule has 0 bridgehead atoms. The minimum Gasteiger partial charge on any atom is -0.370 e. The highest BCUT2D eigenvalue weighted by molar-refractivity contribution is 14.0. The summed E-state index contributed by atoms with van der Waals surface area (Å²) in [5, 5.41) is 7.21. The lowest BCUT2D eigenvalue weighted by Crippen LogP contribution is -2.33. The lowest BCUT2D eigenvalue weighted by atomic mass is 10.2. The van der Waals surface area contributed by atoms with Gasteiger partial charge in [-0.3, -0.25) is 14.7 Å². The lowest BCUT2D eigenvalue weighted by Gasteiger charge is -2.04. The minimum atomic E-state index is 0. The molecule has 0 unspecified atom stereocenters. The van der Waals surface area contributed by atoms with Crippen LogP contribution in [0.2, 0.25) is 0 Å². The molecule has 0 aliphatic heterocycles. The molecule has 7 heteroatoms. The van der Waals surface area contributed by atoms with Gasteiger partial charge in [-0.1, -0.05) is 6.07 Å². The van der Waals surface area contributed by atoms with Crippen LogP contribution in [0.3, 0.4) is 0 Å². The van der Waals surface area contributed by atoms with Crippen molar-refractivity contribution >= 4 is 29.9 Å². The van der Waals surface area contributed by atoms with Crippen LogP contribution >= 0.6 is 24.0 Å². The number of aliphatic imine (C=N–C) groups is 1. The third kappa shape index (κ3) is 6.56. The second-order valence-corrected chi connectivity index (χ2v) is 4.54. The maximum atomic E-state index is 5.80. The molecule has 21 heavy (non-hydrogen) atoms. The number of hydrogen-bond acceptors (Lipinski definition) is 3. The Morgan fingerprint density at radius 2 is 2.24 bits per heavy atom. The first-order valence-electron chi connectivity index (χ1n) is 6.65. The summed E-state index contributed by atoms with van der Waals surface area (Å²) in [7, 11) is 1.91. The summed E-state index contributed by atoms with van der Waals surface area (Å²) in [4.78, 5) is 8.52. The van der Waals surface area contributed by atoms with Crippen molar-refractivity contribution in [1.29, 1.82) is 0 Å². The smallest absolute Gasteiger partial charge is 0.188 e. The van der Waals surface area contributed by atoms with Crippen molar-refractivity contribution in [1.82, 2.24) is 20.1 Å². The molecule has 2 aromatic rings. The standard InChI is InChI=1S/C14H20N6.HI/c1-20-11-12(10-19-20)5-8-17-14(15)18-9-6-13-4-2-3-7-16-13;/h2-4,7,10-11H,5-6,8-9H2,1H3,(H3,15,17,18);1H. The van der Waals surface area contributed by atoms with E-state index in [1.807, 2.05) is 37.6 Å². The molecule has 6 nitrogen and oxygen atoms in total. The van der Waals surface area contributed by atoms with Crippen molar-refractivity contribution in [3.05, 3.63) is 48.0 Å². The number of aromatic nitrogens is 3. The summed E-state index contributed by atoms with van der Waals surface area (Å²) < 4.78 is 1.79. The minimum absolute atomic E-state index is 0. The fourth-order valence-corrected chi connectivity index (χ4v) is 1.83. The Bertz CT molecular complexity index is 552. The van der Waals surface area contributed by atoms with Gasteiger partial charge in [-0.2, -0.15) is 5.10 Å². The number of aryl methyl sites for hydroxylation is 1. The molecule has 2 heterocycles. The maximum absolute atomic E-state index is 5.80. The second-order valence-electron chi connectivity index (χ2n) is 4.54. The van der Waals surface area contributed by atoms with Crippen LogP contribution < -0.4 is 11.1 Å². The van der Waals surface area contributed by atoms with Crippen LogP contribution in [0.5, 0.6) is 0 Å². The van der Waals surface area contributed by atoms with E-state index in [0.29, 0.717) is 12.5 Å². The molecule has 3 N–H and O–H groups in total. The number of rotatable bonds is 6. The Labute approximate surface area is 141 Å². The molecule has 0 aliphatic rings. The van der Waals surface area contributed by atoms with E-state index < -0.39 is 0 Å². The Kier molecular flexibility index (Phi) is 7.73. The third-order valence-corrected chi connectivity index (χ3v) is 2.85. The fourth-order valence-electron chi connectivity index (χ4n) is 1.83. The predicted octanol–water partition coefficient (Wildman–Crippen LogP) is 1.12. The largest absolute Gasteiger partial charge is 0.370 e. The number of guanidine groups is 1. The summed E-state index contributed by atoms with van der Waals surface area (Å²) in [6.45, 7) is 1.40. The van der Waals surface area contributed by atoms with Gasteiger partial charge in [-0.05, 0) is 24.1 Å². The number of hydrogen-bond donors (Lipinski definition) is 2. The summed E-state index contributed by atoms with van der Waals surface area (Å²) in [5.41, 5.74) is 8.01. The van der Waals surface area contributed by atoms with Crippen molar-refractivity contribution in [3.63, 3.8) is 0 Å². The fraction of sp³-hybridized carbons (Fsp3) is 0.357. The van der Waals surface area contributed by atoms with Crippen molar-refractivity contribution in [3.8, 4) is 0 Å². The molecular weight excluding hydrogens is 379 g/mol. The maximum Gasteiger partial charge on any atom is 0.188 e. The second kappa shape index (κ2) is 9.32. The van der Waals surface area contributed by atoms with E-state index in [2.05, 4.69) is 20.4 Å². The molecule has 2 aromatic heterocycles. The number of nitrogens with two attached hydrogens (primary N) is 1. The van der Waals surface area contributed by atoms with Gasteiger partial charge in [-0.25, -0.2) is 0 Å². The molecule has 0 aromatic carbocycles. The summed E-state index contributed by atoms with van der Waals surface area (Å²) in [5.74, 6) is 0.477. The lowest BCUT2D eigenvalue weighted by molar-refractivity contribution is 0.766. The molecule has 0 atom stereocenters. The first-order chi connectivity index (χ1) is 9.74. The van der Waals surface area contributed by atoms with Crippen LogP contribution in [0.15, 0.2) is 41.8 Å². The summed E-state index contributed by atoms with van der Waals surface area (Å²) in [6.07, 6.45) is 7.32. The summed E-state index contributed by atoms with van der Waals surface area (Å²) in [6, 6.07) is 5.87. The quantitative estimate of drug-likeness (QED) is 0.433. The van der Waals surface area contributed by atoms with Gasteiger partial charge < -0.3 is 11.1 Å². The highest BCUT2D eigenvalue weighted by atomic mass is 127. The van der Waals surface area contributed by atoms with E-state index in [1.54, 1.807) is 10.9 Å². The van der Waals surface area contributed by atoms with Crippen LogP contribution in [0.1, 0.15) is 11.3 Å². The van der Waals surface area contributed by atoms with Crippen LogP contribution in [0.4, 0.5) is 0 Å². The average molecular weight is 400 g/mol. The molecule has 114 valence electrons. The molecule has 0 amide bonds. The average Bonchev–Trinajstić information content (AvgIpc) is 2.86. The van der Waals surface area contributed by atoms with E-state index in [1.165, 1.54) is 5.56 Å². The van der Waals surface area contributed by atoms with E-state index in [4.69, 9.17) is 5.73 Å². The monoisotopic (exact) mass is 400 g/mol. The summed E-state index contributed by atoms with van der Waals surface area (Å²) >= 11 is 0. The van der Waals surface area contributed by atoms with Gasteiger partial charge >= 0.3 is 0 Å². The van der Waals surface area contributed by atoms with Crippen LogP contribution in [-0.2, 0) is 19.9 Å². The number of nitrogens with zero attached hydrogens (tertiary/aromatic N) is 4. The Morgan fingerprint density at radius 3 is 2.90 bits per heavy atom. The molecular formula is C14H21IN6. The predicted molar refractivity (Wildman–Crippen MR) is 94.8 cm³/mol. The van der Waals surface area contributed by atoms with E-state index in [9.17, 15) is 0 Å². The topological polar surface area (TPSA) is 81.1 Å². The third-order valence-electron chi connectivity index (χ3n) is 2.85. The Balaban J connectivity index is 0.00000220. The zero-order chi connectivity index (χ0) is 14.2. The van der Waals surface area contributed by atoms with Gasteiger partial charge in [0.15, 0.2) is 5.96 Å². The molecule has 0 saturated carbocycles. The van der Waals surface area contributed by atoms with E-state index in [-0.39, 0.29) is 24.0 Å². The van der Waals surface area contributed by atoms with Crippen LogP contribution in [0, 0.1) is 0 Å². The molecule has 0 aliphatic carbocycles. The first-order valence-corrected chi connectivity index (χ1v) is 6.65.